The fraction of sp³-hybridized carbons (Fsp3) is 0. The standard InChI is InChI=1S/C17H11NO4/c19-15-12-8-4-5-9-13(12)16(20)18(15)14(17(21)22)10-11-6-2-1-3-7-11/h1-10H,(H,21,22)/b14-10+. The van der Waals surface area contributed by atoms with Gasteiger partial charge in [-0.05, 0) is 23.8 Å². The van der Waals surface area contributed by atoms with Crippen molar-refractivity contribution in [1.29, 1.82) is 0 Å². The zero-order chi connectivity index (χ0) is 15.7. The molecule has 0 fully saturated rings. The molecule has 0 aliphatic carbocycles. The lowest BCUT2D eigenvalue weighted by Crippen LogP contribution is -2.32. The highest BCUT2D eigenvalue weighted by atomic mass is 16.4. The largest absolute Gasteiger partial charge is 0.477 e. The van der Waals surface area contributed by atoms with Crippen LogP contribution < -0.4 is 0 Å². The van der Waals surface area contributed by atoms with E-state index in [1.54, 1.807) is 42.5 Å². The molecule has 0 bridgehead atoms. The minimum absolute atomic E-state index is 0.215. The number of amides is 2. The minimum atomic E-state index is -1.33. The Morgan fingerprint density at radius 3 is 1.86 bits per heavy atom. The highest BCUT2D eigenvalue weighted by Crippen LogP contribution is 2.27. The van der Waals surface area contributed by atoms with Gasteiger partial charge in [-0.3, -0.25) is 9.59 Å². The van der Waals surface area contributed by atoms with Gasteiger partial charge in [0, 0.05) is 0 Å². The molecule has 1 N–H and O–H groups in total. The van der Waals surface area contributed by atoms with Crippen molar-refractivity contribution in [1.82, 2.24) is 4.90 Å². The smallest absolute Gasteiger partial charge is 0.353 e. The maximum atomic E-state index is 12.3. The van der Waals surface area contributed by atoms with Crippen LogP contribution in [0.2, 0.25) is 0 Å². The monoisotopic (exact) mass is 293 g/mol. The third-order valence-corrected chi connectivity index (χ3v) is 3.36. The van der Waals surface area contributed by atoms with Gasteiger partial charge in [-0.2, -0.15) is 0 Å². The van der Waals surface area contributed by atoms with E-state index >= 15 is 0 Å². The topological polar surface area (TPSA) is 74.7 Å². The van der Waals surface area contributed by atoms with Crippen molar-refractivity contribution < 1.29 is 19.5 Å². The fourth-order valence-corrected chi connectivity index (χ4v) is 2.34. The van der Waals surface area contributed by atoms with Crippen LogP contribution in [0.5, 0.6) is 0 Å². The minimum Gasteiger partial charge on any atom is -0.477 e. The summed E-state index contributed by atoms with van der Waals surface area (Å²) in [5, 5.41) is 9.40. The van der Waals surface area contributed by atoms with Crippen molar-refractivity contribution in [3.8, 4) is 0 Å². The quantitative estimate of drug-likeness (QED) is 0.696. The Morgan fingerprint density at radius 2 is 1.36 bits per heavy atom. The summed E-state index contributed by atoms with van der Waals surface area (Å²) in [5.41, 5.74) is 0.661. The number of carboxylic acid groups (broad SMARTS) is 1. The molecule has 108 valence electrons. The molecule has 2 aromatic carbocycles. The molecule has 22 heavy (non-hydrogen) atoms. The molecule has 5 heteroatoms. The summed E-state index contributed by atoms with van der Waals surface area (Å²) in [6, 6.07) is 15.0. The Morgan fingerprint density at radius 1 is 0.864 bits per heavy atom. The number of benzene rings is 2. The highest BCUT2D eigenvalue weighted by Gasteiger charge is 2.39. The van der Waals surface area contributed by atoms with Gasteiger partial charge in [0.15, 0.2) is 0 Å². The SMILES string of the molecule is O=C(O)/C(=C\c1ccccc1)N1C(=O)c2ccccc2C1=O. The van der Waals surface area contributed by atoms with E-state index in [-0.39, 0.29) is 16.8 Å². The van der Waals surface area contributed by atoms with Gasteiger partial charge in [0.25, 0.3) is 11.8 Å². The molecule has 5 nitrogen and oxygen atoms in total. The molecule has 0 radical (unpaired) electrons. The van der Waals surface area contributed by atoms with Crippen LogP contribution in [0.1, 0.15) is 26.3 Å². The molecule has 0 saturated heterocycles. The molecular formula is C17H11NO4. The van der Waals surface area contributed by atoms with Gasteiger partial charge < -0.3 is 5.11 Å². The van der Waals surface area contributed by atoms with Gasteiger partial charge in [-0.25, -0.2) is 9.69 Å². The van der Waals surface area contributed by atoms with Crippen LogP contribution in [0.3, 0.4) is 0 Å². The van der Waals surface area contributed by atoms with E-state index in [9.17, 15) is 19.5 Å². The Hall–Kier alpha value is -3.21. The summed E-state index contributed by atoms with van der Waals surface area (Å²) in [7, 11) is 0. The van der Waals surface area contributed by atoms with Gasteiger partial charge in [-0.1, -0.05) is 42.5 Å². The van der Waals surface area contributed by atoms with Gasteiger partial charge in [-0.15, -0.1) is 0 Å². The zero-order valence-corrected chi connectivity index (χ0v) is 11.4. The van der Waals surface area contributed by atoms with Crippen molar-refractivity contribution in [2.45, 2.75) is 0 Å². The molecule has 0 aromatic heterocycles. The molecule has 2 aromatic rings. The van der Waals surface area contributed by atoms with Crippen molar-refractivity contribution in [2.75, 3.05) is 0 Å². The predicted octanol–water partition coefficient (Wildman–Crippen LogP) is 2.41. The van der Waals surface area contributed by atoms with Crippen LogP contribution in [0, 0.1) is 0 Å². The Balaban J connectivity index is 2.09. The number of carbonyl (C=O) groups excluding carboxylic acids is 2. The number of fused-ring (bicyclic) bond motifs is 1. The average molecular weight is 293 g/mol. The number of nitrogens with zero attached hydrogens (tertiary/aromatic N) is 1. The van der Waals surface area contributed by atoms with Crippen molar-refractivity contribution in [3.05, 3.63) is 77.0 Å². The molecule has 1 aliphatic rings. The summed E-state index contributed by atoms with van der Waals surface area (Å²) >= 11 is 0. The van der Waals surface area contributed by atoms with Crippen molar-refractivity contribution >= 4 is 23.9 Å². The number of aliphatic carboxylic acids is 1. The predicted molar refractivity (Wildman–Crippen MR) is 79.0 cm³/mol. The fourth-order valence-electron chi connectivity index (χ4n) is 2.34. The van der Waals surface area contributed by atoms with Crippen LogP contribution in [-0.2, 0) is 4.79 Å². The number of imide groups is 1. The first-order chi connectivity index (χ1) is 10.6. The van der Waals surface area contributed by atoms with Crippen LogP contribution in [-0.4, -0.2) is 27.8 Å². The molecule has 0 atom stereocenters. The third kappa shape index (κ3) is 2.18. The summed E-state index contributed by atoms with van der Waals surface area (Å²) < 4.78 is 0. The van der Waals surface area contributed by atoms with Gasteiger partial charge in [0.1, 0.15) is 5.70 Å². The maximum absolute atomic E-state index is 12.3. The van der Waals surface area contributed by atoms with Crippen LogP contribution >= 0.6 is 0 Å². The lowest BCUT2D eigenvalue weighted by atomic mass is 10.1. The molecule has 1 aliphatic heterocycles. The summed E-state index contributed by atoms with van der Waals surface area (Å²) in [4.78, 5) is 36.9. The molecule has 0 unspecified atom stereocenters. The first-order valence-corrected chi connectivity index (χ1v) is 6.57. The number of carbonyl (C=O) groups is 3. The van der Waals surface area contributed by atoms with E-state index in [4.69, 9.17) is 0 Å². The highest BCUT2D eigenvalue weighted by molar-refractivity contribution is 6.25. The average Bonchev–Trinajstić information content (AvgIpc) is 2.78. The van der Waals surface area contributed by atoms with Gasteiger partial charge >= 0.3 is 5.97 Å². The van der Waals surface area contributed by atoms with Crippen LogP contribution in [0.4, 0.5) is 0 Å². The maximum Gasteiger partial charge on any atom is 0.353 e. The molecule has 2 amide bonds. The molecule has 1 heterocycles. The lowest BCUT2D eigenvalue weighted by molar-refractivity contribution is -0.133. The number of hydrogen-bond donors (Lipinski definition) is 1. The van der Waals surface area contributed by atoms with E-state index in [0.717, 1.165) is 0 Å². The van der Waals surface area contributed by atoms with Crippen molar-refractivity contribution in [3.63, 3.8) is 0 Å². The molecule has 0 spiro atoms. The van der Waals surface area contributed by atoms with E-state index < -0.39 is 17.8 Å². The van der Waals surface area contributed by atoms with Crippen LogP contribution in [0.15, 0.2) is 60.3 Å². The second-order valence-electron chi connectivity index (χ2n) is 4.74. The Bertz CT molecular complexity index is 773. The first-order valence-electron chi connectivity index (χ1n) is 6.57. The zero-order valence-electron chi connectivity index (χ0n) is 11.4. The number of hydrogen-bond acceptors (Lipinski definition) is 3. The second kappa shape index (κ2) is 5.29. The molecule has 3 rings (SSSR count). The molecule has 0 saturated carbocycles. The van der Waals surface area contributed by atoms with Crippen molar-refractivity contribution in [2.24, 2.45) is 0 Å². The third-order valence-electron chi connectivity index (χ3n) is 3.36. The summed E-state index contributed by atoms with van der Waals surface area (Å²) in [6.45, 7) is 0. The summed E-state index contributed by atoms with van der Waals surface area (Å²) in [6.07, 6.45) is 1.31. The van der Waals surface area contributed by atoms with Crippen LogP contribution in [0.25, 0.3) is 6.08 Å². The normalized spacial score (nSPS) is 14.2. The van der Waals surface area contributed by atoms with E-state index in [1.807, 2.05) is 0 Å². The van der Waals surface area contributed by atoms with E-state index in [1.165, 1.54) is 18.2 Å². The first kappa shape index (κ1) is 13.8. The van der Waals surface area contributed by atoms with E-state index in [0.29, 0.717) is 10.5 Å². The van der Waals surface area contributed by atoms with Gasteiger partial charge in [0.05, 0.1) is 11.1 Å². The van der Waals surface area contributed by atoms with Gasteiger partial charge in [0.2, 0.25) is 0 Å². The number of carboxylic acids is 1. The summed E-state index contributed by atoms with van der Waals surface area (Å²) in [5.74, 6) is -2.58. The second-order valence-corrected chi connectivity index (χ2v) is 4.74. The number of rotatable bonds is 3. The molecular weight excluding hydrogens is 282 g/mol. The Kier molecular flexibility index (Phi) is 3.31. The Labute approximate surface area is 126 Å². The van der Waals surface area contributed by atoms with E-state index in [2.05, 4.69) is 0 Å². The lowest BCUT2D eigenvalue weighted by Gasteiger charge is -2.14.